The first-order chi connectivity index (χ1) is 9.34. The molecule has 3 aliphatic rings. The van der Waals surface area contributed by atoms with Crippen LogP contribution in [0.1, 0.15) is 51.4 Å². The lowest BCUT2D eigenvalue weighted by Crippen LogP contribution is -2.43. The number of carbonyl (C=O) groups excluding carboxylic acids is 1. The molecule has 0 spiro atoms. The zero-order chi connectivity index (χ0) is 13.1. The molecule has 3 heteroatoms. The van der Waals surface area contributed by atoms with Gasteiger partial charge in [0, 0.05) is 31.5 Å². The number of rotatable bonds is 4. The van der Waals surface area contributed by atoms with Crippen LogP contribution in [-0.4, -0.2) is 54.3 Å². The van der Waals surface area contributed by atoms with Crippen LogP contribution < -0.4 is 0 Å². The molecule has 0 radical (unpaired) electrons. The molecule has 19 heavy (non-hydrogen) atoms. The van der Waals surface area contributed by atoms with Gasteiger partial charge in [0.05, 0.1) is 0 Å². The van der Waals surface area contributed by atoms with Gasteiger partial charge >= 0.3 is 0 Å². The summed E-state index contributed by atoms with van der Waals surface area (Å²) in [4.78, 5) is 17.4. The molecule has 2 saturated heterocycles. The Kier molecular flexibility index (Phi) is 4.54. The third kappa shape index (κ3) is 3.19. The monoisotopic (exact) mass is 264 g/mol. The van der Waals surface area contributed by atoms with Crippen LogP contribution in [0.3, 0.4) is 0 Å². The van der Waals surface area contributed by atoms with E-state index in [1.54, 1.807) is 0 Å². The van der Waals surface area contributed by atoms with E-state index in [2.05, 4.69) is 9.80 Å². The van der Waals surface area contributed by atoms with E-state index in [0.29, 0.717) is 17.7 Å². The predicted octanol–water partition coefficient (Wildman–Crippen LogP) is 2.31. The van der Waals surface area contributed by atoms with Gasteiger partial charge in [0.2, 0.25) is 0 Å². The molecule has 108 valence electrons. The molecule has 2 aliphatic heterocycles. The van der Waals surface area contributed by atoms with Gasteiger partial charge in [0.1, 0.15) is 5.78 Å². The minimum absolute atomic E-state index is 0.370. The smallest absolute Gasteiger partial charge is 0.137 e. The van der Waals surface area contributed by atoms with Crippen molar-refractivity contribution in [2.45, 2.75) is 57.4 Å². The van der Waals surface area contributed by atoms with Crippen molar-refractivity contribution in [1.82, 2.24) is 9.80 Å². The van der Waals surface area contributed by atoms with Crippen molar-refractivity contribution in [3.8, 4) is 0 Å². The zero-order valence-electron chi connectivity index (χ0n) is 12.1. The Bertz CT molecular complexity index is 312. The quantitative estimate of drug-likeness (QED) is 0.778. The van der Waals surface area contributed by atoms with Crippen LogP contribution in [0.15, 0.2) is 0 Å². The fourth-order valence-electron chi connectivity index (χ4n) is 4.28. The highest BCUT2D eigenvalue weighted by atomic mass is 16.1. The molecular weight excluding hydrogens is 236 g/mol. The van der Waals surface area contributed by atoms with E-state index in [4.69, 9.17) is 0 Å². The van der Waals surface area contributed by atoms with Crippen molar-refractivity contribution >= 4 is 5.78 Å². The van der Waals surface area contributed by atoms with E-state index in [0.717, 1.165) is 19.3 Å². The zero-order valence-corrected chi connectivity index (χ0v) is 12.1. The maximum absolute atomic E-state index is 12.2. The van der Waals surface area contributed by atoms with Gasteiger partial charge in [-0.15, -0.1) is 0 Å². The highest BCUT2D eigenvalue weighted by Crippen LogP contribution is 2.32. The molecule has 0 N–H and O–H groups in total. The topological polar surface area (TPSA) is 23.6 Å². The van der Waals surface area contributed by atoms with Gasteiger partial charge in [0.25, 0.3) is 0 Å². The lowest BCUT2D eigenvalue weighted by Gasteiger charge is -2.33. The molecule has 1 aliphatic carbocycles. The van der Waals surface area contributed by atoms with Gasteiger partial charge in [-0.2, -0.15) is 0 Å². The average molecular weight is 264 g/mol. The van der Waals surface area contributed by atoms with Crippen LogP contribution in [-0.2, 0) is 4.79 Å². The lowest BCUT2D eigenvalue weighted by atomic mass is 9.82. The molecule has 3 fully saturated rings. The summed E-state index contributed by atoms with van der Waals surface area (Å²) < 4.78 is 0. The van der Waals surface area contributed by atoms with E-state index in [9.17, 15) is 4.79 Å². The maximum Gasteiger partial charge on any atom is 0.137 e. The molecule has 2 unspecified atom stereocenters. The highest BCUT2D eigenvalue weighted by molar-refractivity contribution is 5.82. The molecule has 0 aromatic rings. The molecule has 0 amide bonds. The van der Waals surface area contributed by atoms with Crippen LogP contribution >= 0.6 is 0 Å². The minimum atomic E-state index is 0.370. The van der Waals surface area contributed by atoms with Crippen LogP contribution in [0.2, 0.25) is 0 Å². The van der Waals surface area contributed by atoms with Crippen molar-refractivity contribution in [1.29, 1.82) is 0 Å². The normalized spacial score (nSPS) is 34.2. The summed E-state index contributed by atoms with van der Waals surface area (Å²) in [5.74, 6) is 0.930. The van der Waals surface area contributed by atoms with Gasteiger partial charge in [-0.05, 0) is 58.2 Å². The van der Waals surface area contributed by atoms with Crippen molar-refractivity contribution in [3.63, 3.8) is 0 Å². The Labute approximate surface area is 117 Å². The van der Waals surface area contributed by atoms with Crippen molar-refractivity contribution in [2.75, 3.05) is 32.7 Å². The summed E-state index contributed by atoms with van der Waals surface area (Å²) in [5.41, 5.74) is 0. The first-order valence-corrected chi connectivity index (χ1v) is 8.34. The van der Waals surface area contributed by atoms with Gasteiger partial charge in [-0.1, -0.05) is 6.42 Å². The van der Waals surface area contributed by atoms with E-state index in [1.165, 1.54) is 64.8 Å². The molecule has 3 nitrogen and oxygen atoms in total. The van der Waals surface area contributed by atoms with Gasteiger partial charge in [-0.3, -0.25) is 9.69 Å². The highest BCUT2D eigenvalue weighted by Gasteiger charge is 2.36. The number of likely N-dealkylation sites (tertiary alicyclic amines) is 2. The fraction of sp³-hybridized carbons (Fsp3) is 0.938. The van der Waals surface area contributed by atoms with E-state index < -0.39 is 0 Å². The largest absolute Gasteiger partial charge is 0.302 e. The number of hydrogen-bond donors (Lipinski definition) is 0. The average Bonchev–Trinajstić information content (AvgIpc) is 3.08. The number of ketones is 1. The Hall–Kier alpha value is -0.410. The van der Waals surface area contributed by atoms with Gasteiger partial charge in [0.15, 0.2) is 0 Å². The maximum atomic E-state index is 12.2. The van der Waals surface area contributed by atoms with Gasteiger partial charge < -0.3 is 4.90 Å². The molecule has 0 aromatic heterocycles. The van der Waals surface area contributed by atoms with Crippen LogP contribution in [0.4, 0.5) is 0 Å². The summed E-state index contributed by atoms with van der Waals surface area (Å²) in [6.07, 6.45) is 9.73. The second-order valence-corrected chi connectivity index (χ2v) is 6.61. The number of nitrogens with zero attached hydrogens (tertiary/aromatic N) is 2. The second-order valence-electron chi connectivity index (χ2n) is 6.61. The second kappa shape index (κ2) is 6.36. The van der Waals surface area contributed by atoms with Crippen LogP contribution in [0.5, 0.6) is 0 Å². The van der Waals surface area contributed by atoms with Crippen LogP contribution in [0.25, 0.3) is 0 Å². The summed E-state index contributed by atoms with van der Waals surface area (Å²) >= 11 is 0. The third-order valence-corrected chi connectivity index (χ3v) is 5.38. The standard InChI is InChI=1S/C16H28N2O/c19-16-8-2-1-6-14(16)15-7-5-11-18(15)13-12-17-9-3-4-10-17/h14-15H,1-13H2. The molecule has 2 heterocycles. The van der Waals surface area contributed by atoms with E-state index >= 15 is 0 Å². The summed E-state index contributed by atoms with van der Waals surface area (Å²) in [5, 5.41) is 0. The lowest BCUT2D eigenvalue weighted by molar-refractivity contribution is -0.126. The number of Topliss-reactive ketones (excluding diaryl/α,β-unsaturated/α-hetero) is 1. The Morgan fingerprint density at radius 2 is 1.74 bits per heavy atom. The first-order valence-electron chi connectivity index (χ1n) is 8.34. The predicted molar refractivity (Wildman–Crippen MR) is 77.2 cm³/mol. The Morgan fingerprint density at radius 1 is 0.895 bits per heavy atom. The molecular formula is C16H28N2O. The number of carbonyl (C=O) groups is 1. The molecule has 0 bridgehead atoms. The Morgan fingerprint density at radius 3 is 2.53 bits per heavy atom. The SMILES string of the molecule is O=C1CCCCC1C1CCCN1CCN1CCCC1. The number of hydrogen-bond acceptors (Lipinski definition) is 3. The minimum Gasteiger partial charge on any atom is -0.302 e. The molecule has 3 rings (SSSR count). The molecule has 1 saturated carbocycles. The molecule has 0 aromatic carbocycles. The van der Waals surface area contributed by atoms with E-state index in [1.807, 2.05) is 0 Å². The summed E-state index contributed by atoms with van der Waals surface area (Å²) in [6, 6.07) is 0.579. The summed E-state index contributed by atoms with van der Waals surface area (Å²) in [6.45, 7) is 6.22. The summed E-state index contributed by atoms with van der Waals surface area (Å²) in [7, 11) is 0. The first kappa shape index (κ1) is 13.6. The Balaban J connectivity index is 1.53. The van der Waals surface area contributed by atoms with Crippen molar-refractivity contribution < 1.29 is 4.79 Å². The fourth-order valence-corrected chi connectivity index (χ4v) is 4.28. The van der Waals surface area contributed by atoms with E-state index in [-0.39, 0.29) is 0 Å². The third-order valence-electron chi connectivity index (χ3n) is 5.38. The van der Waals surface area contributed by atoms with Crippen LogP contribution in [0, 0.1) is 5.92 Å². The van der Waals surface area contributed by atoms with Crippen molar-refractivity contribution in [3.05, 3.63) is 0 Å². The van der Waals surface area contributed by atoms with Crippen molar-refractivity contribution in [2.24, 2.45) is 5.92 Å². The molecule has 2 atom stereocenters. The van der Waals surface area contributed by atoms with Gasteiger partial charge in [-0.25, -0.2) is 0 Å².